The maximum absolute atomic E-state index is 4.16. The molecule has 0 unspecified atom stereocenters. The fourth-order valence-corrected chi connectivity index (χ4v) is 1.65. The SMILES string of the molecule is CCCC(C)(C)NCCn1cccn1. The topological polar surface area (TPSA) is 29.9 Å². The second-order valence-corrected chi connectivity index (χ2v) is 4.33. The van der Waals surface area contributed by atoms with E-state index in [1.165, 1.54) is 12.8 Å². The van der Waals surface area contributed by atoms with Crippen molar-refractivity contribution in [2.75, 3.05) is 6.54 Å². The molecule has 0 aliphatic heterocycles. The van der Waals surface area contributed by atoms with Crippen LogP contribution in [-0.2, 0) is 6.54 Å². The largest absolute Gasteiger partial charge is 0.310 e. The molecule has 0 saturated carbocycles. The van der Waals surface area contributed by atoms with Crippen LogP contribution in [0.1, 0.15) is 33.6 Å². The summed E-state index contributed by atoms with van der Waals surface area (Å²) in [5, 5.41) is 7.70. The summed E-state index contributed by atoms with van der Waals surface area (Å²) in [5.41, 5.74) is 0.252. The van der Waals surface area contributed by atoms with Crippen LogP contribution >= 0.6 is 0 Å². The first-order valence-electron chi connectivity index (χ1n) is 5.36. The van der Waals surface area contributed by atoms with Crippen molar-refractivity contribution in [1.82, 2.24) is 15.1 Å². The Bertz CT molecular complexity index is 239. The summed E-state index contributed by atoms with van der Waals surface area (Å²) in [5.74, 6) is 0. The van der Waals surface area contributed by atoms with Crippen LogP contribution in [0, 0.1) is 0 Å². The molecule has 1 aromatic heterocycles. The zero-order valence-corrected chi connectivity index (χ0v) is 9.45. The molecule has 0 spiro atoms. The Kier molecular flexibility index (Phi) is 4.14. The smallest absolute Gasteiger partial charge is 0.0534 e. The summed E-state index contributed by atoms with van der Waals surface area (Å²) in [4.78, 5) is 0. The summed E-state index contributed by atoms with van der Waals surface area (Å²) >= 11 is 0. The maximum Gasteiger partial charge on any atom is 0.0534 e. The Morgan fingerprint density at radius 3 is 2.79 bits per heavy atom. The first-order chi connectivity index (χ1) is 6.64. The van der Waals surface area contributed by atoms with Crippen molar-refractivity contribution >= 4 is 0 Å². The average Bonchev–Trinajstić information content (AvgIpc) is 2.56. The van der Waals surface area contributed by atoms with Crippen LogP contribution in [0.25, 0.3) is 0 Å². The summed E-state index contributed by atoms with van der Waals surface area (Å²) in [6, 6.07) is 1.96. The molecule has 1 N–H and O–H groups in total. The summed E-state index contributed by atoms with van der Waals surface area (Å²) < 4.78 is 1.95. The highest BCUT2D eigenvalue weighted by Gasteiger charge is 2.14. The highest BCUT2D eigenvalue weighted by molar-refractivity contribution is 4.79. The number of nitrogens with zero attached hydrogens (tertiary/aromatic N) is 2. The van der Waals surface area contributed by atoms with Gasteiger partial charge in [0.05, 0.1) is 6.54 Å². The van der Waals surface area contributed by atoms with Crippen molar-refractivity contribution in [3.8, 4) is 0 Å². The number of rotatable bonds is 6. The molecule has 14 heavy (non-hydrogen) atoms. The van der Waals surface area contributed by atoms with Crippen molar-refractivity contribution in [3.63, 3.8) is 0 Å². The zero-order chi connectivity index (χ0) is 10.4. The van der Waals surface area contributed by atoms with Crippen LogP contribution < -0.4 is 5.32 Å². The van der Waals surface area contributed by atoms with E-state index in [2.05, 4.69) is 31.2 Å². The summed E-state index contributed by atoms with van der Waals surface area (Å²) in [7, 11) is 0. The van der Waals surface area contributed by atoms with Gasteiger partial charge in [-0.3, -0.25) is 4.68 Å². The predicted octanol–water partition coefficient (Wildman–Crippen LogP) is 2.05. The number of nitrogens with one attached hydrogen (secondary N) is 1. The van der Waals surface area contributed by atoms with Gasteiger partial charge in [0.2, 0.25) is 0 Å². The molecule has 0 bridgehead atoms. The molecule has 3 nitrogen and oxygen atoms in total. The van der Waals surface area contributed by atoms with Gasteiger partial charge in [0.1, 0.15) is 0 Å². The van der Waals surface area contributed by atoms with Gasteiger partial charge in [-0.15, -0.1) is 0 Å². The third-order valence-electron chi connectivity index (χ3n) is 2.38. The first-order valence-corrected chi connectivity index (χ1v) is 5.36. The second-order valence-electron chi connectivity index (χ2n) is 4.33. The van der Waals surface area contributed by atoms with Crippen LogP contribution in [0.2, 0.25) is 0 Å². The van der Waals surface area contributed by atoms with E-state index in [0.29, 0.717) is 0 Å². The summed E-state index contributed by atoms with van der Waals surface area (Å²) in [6.07, 6.45) is 6.25. The van der Waals surface area contributed by atoms with Crippen molar-refractivity contribution in [2.45, 2.75) is 45.7 Å². The molecular formula is C11H21N3. The van der Waals surface area contributed by atoms with Crippen LogP contribution in [-0.4, -0.2) is 21.9 Å². The second kappa shape index (κ2) is 5.15. The molecular weight excluding hydrogens is 174 g/mol. The van der Waals surface area contributed by atoms with E-state index in [1.807, 2.05) is 23.1 Å². The van der Waals surface area contributed by atoms with Crippen molar-refractivity contribution in [2.24, 2.45) is 0 Å². The fourth-order valence-electron chi connectivity index (χ4n) is 1.65. The molecule has 0 aromatic carbocycles. The van der Waals surface area contributed by atoms with E-state index in [-0.39, 0.29) is 5.54 Å². The molecule has 0 fully saturated rings. The Labute approximate surface area is 86.5 Å². The van der Waals surface area contributed by atoms with Gasteiger partial charge in [-0.1, -0.05) is 13.3 Å². The highest BCUT2D eigenvalue weighted by atomic mass is 15.3. The molecule has 0 atom stereocenters. The molecule has 0 amide bonds. The number of hydrogen-bond donors (Lipinski definition) is 1. The Morgan fingerprint density at radius 2 is 2.21 bits per heavy atom. The normalized spacial score (nSPS) is 11.9. The molecule has 0 saturated heterocycles. The van der Waals surface area contributed by atoms with Crippen LogP contribution in [0.3, 0.4) is 0 Å². The van der Waals surface area contributed by atoms with E-state index in [0.717, 1.165) is 13.1 Å². The Hall–Kier alpha value is -0.830. The third-order valence-corrected chi connectivity index (χ3v) is 2.38. The third kappa shape index (κ3) is 3.92. The number of hydrogen-bond acceptors (Lipinski definition) is 2. The van der Waals surface area contributed by atoms with Crippen LogP contribution in [0.5, 0.6) is 0 Å². The lowest BCUT2D eigenvalue weighted by Crippen LogP contribution is -2.40. The maximum atomic E-state index is 4.16. The van der Waals surface area contributed by atoms with E-state index in [4.69, 9.17) is 0 Å². The molecule has 1 heterocycles. The summed E-state index contributed by atoms with van der Waals surface area (Å²) in [6.45, 7) is 8.64. The lowest BCUT2D eigenvalue weighted by molar-refractivity contribution is 0.348. The molecule has 0 radical (unpaired) electrons. The van der Waals surface area contributed by atoms with Crippen LogP contribution in [0.4, 0.5) is 0 Å². The monoisotopic (exact) mass is 195 g/mol. The van der Waals surface area contributed by atoms with Gasteiger partial charge < -0.3 is 5.32 Å². The molecule has 80 valence electrons. The molecule has 0 aliphatic rings. The molecule has 1 rings (SSSR count). The quantitative estimate of drug-likeness (QED) is 0.753. The van der Waals surface area contributed by atoms with Gasteiger partial charge in [0.15, 0.2) is 0 Å². The Balaban J connectivity index is 2.20. The van der Waals surface area contributed by atoms with E-state index in [9.17, 15) is 0 Å². The minimum Gasteiger partial charge on any atom is -0.310 e. The zero-order valence-electron chi connectivity index (χ0n) is 9.45. The average molecular weight is 195 g/mol. The van der Waals surface area contributed by atoms with Gasteiger partial charge in [-0.25, -0.2) is 0 Å². The minimum atomic E-state index is 0.252. The standard InChI is InChI=1S/C11H21N3/c1-4-6-11(2,3)12-8-10-14-9-5-7-13-14/h5,7,9,12H,4,6,8,10H2,1-3H3. The van der Waals surface area contributed by atoms with Crippen LogP contribution in [0.15, 0.2) is 18.5 Å². The van der Waals surface area contributed by atoms with Crippen molar-refractivity contribution < 1.29 is 0 Å². The van der Waals surface area contributed by atoms with Gasteiger partial charge >= 0.3 is 0 Å². The fraction of sp³-hybridized carbons (Fsp3) is 0.727. The van der Waals surface area contributed by atoms with Gasteiger partial charge in [-0.05, 0) is 26.3 Å². The molecule has 0 aliphatic carbocycles. The van der Waals surface area contributed by atoms with Gasteiger partial charge in [0, 0.05) is 24.5 Å². The van der Waals surface area contributed by atoms with Gasteiger partial charge in [0.25, 0.3) is 0 Å². The van der Waals surface area contributed by atoms with E-state index in [1.54, 1.807) is 0 Å². The highest BCUT2D eigenvalue weighted by Crippen LogP contribution is 2.09. The lowest BCUT2D eigenvalue weighted by Gasteiger charge is -2.25. The molecule has 1 aromatic rings. The van der Waals surface area contributed by atoms with E-state index < -0.39 is 0 Å². The first kappa shape index (κ1) is 11.2. The van der Waals surface area contributed by atoms with Gasteiger partial charge in [-0.2, -0.15) is 5.10 Å². The van der Waals surface area contributed by atoms with E-state index >= 15 is 0 Å². The van der Waals surface area contributed by atoms with Crippen molar-refractivity contribution in [1.29, 1.82) is 0 Å². The number of aromatic nitrogens is 2. The predicted molar refractivity (Wildman–Crippen MR) is 59.2 cm³/mol. The van der Waals surface area contributed by atoms with Crippen molar-refractivity contribution in [3.05, 3.63) is 18.5 Å². The Morgan fingerprint density at radius 1 is 1.43 bits per heavy atom. The minimum absolute atomic E-state index is 0.252. The molecule has 3 heteroatoms. The lowest BCUT2D eigenvalue weighted by atomic mass is 9.99.